The number of likely N-dealkylation sites (N-methyl/N-ethyl adjacent to an activating group) is 1. The monoisotopic (exact) mass is 605 g/mol. The first-order chi connectivity index (χ1) is 18.7. The van der Waals surface area contributed by atoms with Gasteiger partial charge in [0.2, 0.25) is 0 Å². The number of urea groups is 1. The summed E-state index contributed by atoms with van der Waals surface area (Å²) in [5, 5.41) is 11.3. The lowest BCUT2D eigenvalue weighted by atomic mass is 9.65. The zero-order valence-corrected chi connectivity index (χ0v) is 24.0. The minimum atomic E-state index is -5.08. The highest BCUT2D eigenvalue weighted by Crippen LogP contribution is 2.50. The Morgan fingerprint density at radius 2 is 1.73 bits per heavy atom. The maximum Gasteiger partial charge on any atom is 0.490 e. The lowest BCUT2D eigenvalue weighted by Gasteiger charge is -2.45. The number of ether oxygens (including phenoxy) is 2. The fraction of sp³-hybridized carbons (Fsp3) is 0.481. The summed E-state index contributed by atoms with van der Waals surface area (Å²) >= 11 is 12.1. The molecule has 1 saturated heterocycles. The number of amides is 2. The third kappa shape index (κ3) is 6.87. The Kier molecular flexibility index (Phi) is 10.1. The Balaban J connectivity index is 0.000000559. The van der Waals surface area contributed by atoms with Gasteiger partial charge in [-0.3, -0.25) is 4.90 Å². The summed E-state index contributed by atoms with van der Waals surface area (Å²) in [7, 11) is 7.26. The fourth-order valence-corrected chi connectivity index (χ4v) is 5.77. The predicted octanol–water partition coefficient (Wildman–Crippen LogP) is 5.98. The Labute approximate surface area is 240 Å². The van der Waals surface area contributed by atoms with E-state index in [0.29, 0.717) is 21.8 Å². The molecule has 2 aromatic rings. The molecule has 1 saturated carbocycles. The molecule has 2 amide bonds. The second kappa shape index (κ2) is 12.7. The van der Waals surface area contributed by atoms with E-state index >= 15 is 0 Å². The van der Waals surface area contributed by atoms with Crippen molar-refractivity contribution in [3.63, 3.8) is 0 Å². The minimum absolute atomic E-state index is 0.0468. The number of nitrogens with one attached hydrogen (secondary N) is 1. The van der Waals surface area contributed by atoms with Gasteiger partial charge in [0.15, 0.2) is 11.5 Å². The average Bonchev–Trinajstić information content (AvgIpc) is 3.26. The van der Waals surface area contributed by atoms with Gasteiger partial charge in [0.1, 0.15) is 0 Å². The highest BCUT2D eigenvalue weighted by molar-refractivity contribution is 6.42. The number of anilines is 1. The van der Waals surface area contributed by atoms with Gasteiger partial charge >= 0.3 is 18.2 Å². The van der Waals surface area contributed by atoms with Gasteiger partial charge in [0.25, 0.3) is 0 Å². The maximum absolute atomic E-state index is 13.0. The van der Waals surface area contributed by atoms with Crippen molar-refractivity contribution in [1.29, 1.82) is 0 Å². The zero-order valence-electron chi connectivity index (χ0n) is 22.5. The number of hydrogen-bond donors (Lipinski definition) is 2. The van der Waals surface area contributed by atoms with E-state index in [-0.39, 0.29) is 17.5 Å². The van der Waals surface area contributed by atoms with Gasteiger partial charge in [-0.1, -0.05) is 29.3 Å². The molecule has 2 aromatic carbocycles. The number of carboxylic acid groups (broad SMARTS) is 1. The van der Waals surface area contributed by atoms with Crippen LogP contribution in [0.25, 0.3) is 0 Å². The zero-order chi connectivity index (χ0) is 29.8. The predicted molar refractivity (Wildman–Crippen MR) is 147 cm³/mol. The smallest absolute Gasteiger partial charge is 0.490 e. The van der Waals surface area contributed by atoms with Crippen LogP contribution in [0.5, 0.6) is 11.5 Å². The molecule has 3 atom stereocenters. The van der Waals surface area contributed by atoms with Crippen LogP contribution >= 0.6 is 23.2 Å². The van der Waals surface area contributed by atoms with Crippen LogP contribution in [-0.2, 0) is 10.2 Å². The normalized spacial score (nSPS) is 22.4. The maximum atomic E-state index is 13.0. The molecule has 13 heteroatoms. The van der Waals surface area contributed by atoms with Crippen molar-refractivity contribution in [2.75, 3.05) is 39.8 Å². The first-order valence-electron chi connectivity index (χ1n) is 12.5. The molecular formula is C27H32Cl2F3N3O5. The third-order valence-corrected chi connectivity index (χ3v) is 8.39. The second-order valence-electron chi connectivity index (χ2n) is 9.85. The van der Waals surface area contributed by atoms with E-state index in [4.69, 9.17) is 42.6 Å². The number of aliphatic carboxylic acids is 1. The molecule has 2 fully saturated rings. The van der Waals surface area contributed by atoms with Crippen LogP contribution in [0, 0.1) is 0 Å². The summed E-state index contributed by atoms with van der Waals surface area (Å²) in [6.07, 6.45) is -1.18. The molecule has 4 rings (SSSR count). The fourth-order valence-electron chi connectivity index (χ4n) is 5.48. The number of alkyl halides is 3. The number of fused-ring (bicyclic) bond motifs is 1. The summed E-state index contributed by atoms with van der Waals surface area (Å²) in [6, 6.07) is 11.8. The first-order valence-corrected chi connectivity index (χ1v) is 13.2. The summed E-state index contributed by atoms with van der Waals surface area (Å²) in [5.74, 6) is -1.25. The third-order valence-electron chi connectivity index (χ3n) is 7.65. The minimum Gasteiger partial charge on any atom is -0.493 e. The quantitative estimate of drug-likeness (QED) is 0.435. The highest BCUT2D eigenvalue weighted by atomic mass is 35.5. The Bertz CT molecular complexity index is 1230. The summed E-state index contributed by atoms with van der Waals surface area (Å²) in [4.78, 5) is 25.9. The van der Waals surface area contributed by atoms with Crippen molar-refractivity contribution in [3.8, 4) is 11.5 Å². The number of benzene rings is 2. The van der Waals surface area contributed by atoms with Gasteiger partial charge in [-0.2, -0.15) is 13.2 Å². The first kappa shape index (κ1) is 31.6. The number of carbonyl (C=O) groups excluding carboxylic acids is 1. The van der Waals surface area contributed by atoms with Crippen LogP contribution in [0.1, 0.15) is 31.2 Å². The second-order valence-corrected chi connectivity index (χ2v) is 10.7. The van der Waals surface area contributed by atoms with Crippen molar-refractivity contribution in [1.82, 2.24) is 10.2 Å². The van der Waals surface area contributed by atoms with E-state index in [1.165, 1.54) is 5.56 Å². The van der Waals surface area contributed by atoms with Crippen molar-refractivity contribution in [3.05, 3.63) is 52.0 Å². The number of nitrogens with zero attached hydrogens (tertiary/aromatic N) is 2. The SMILES string of the molecule is COc1ccc([C@@]23CC[C@H](NC(=O)N(C)c4ccc(Cl)c(Cl)c4)C[C@@H]2N(C)CC3)cc1OC.O=C(O)C(F)(F)F. The molecule has 0 spiro atoms. The van der Waals surface area contributed by atoms with Gasteiger partial charge in [0.05, 0.1) is 24.3 Å². The van der Waals surface area contributed by atoms with Crippen LogP contribution < -0.4 is 19.7 Å². The number of likely N-dealkylation sites (tertiary alicyclic amines) is 1. The molecule has 2 aliphatic rings. The topological polar surface area (TPSA) is 91.3 Å². The van der Waals surface area contributed by atoms with Gasteiger partial charge in [-0.25, -0.2) is 9.59 Å². The molecule has 0 radical (unpaired) electrons. The molecule has 8 nitrogen and oxygen atoms in total. The number of carbonyl (C=O) groups is 2. The van der Waals surface area contributed by atoms with Gasteiger partial charge in [0, 0.05) is 30.2 Å². The number of carboxylic acids is 1. The molecule has 0 bridgehead atoms. The van der Waals surface area contributed by atoms with Gasteiger partial charge < -0.3 is 24.8 Å². The van der Waals surface area contributed by atoms with Crippen LogP contribution in [0.3, 0.4) is 0 Å². The molecular weight excluding hydrogens is 574 g/mol. The van der Waals surface area contributed by atoms with Gasteiger partial charge in [-0.15, -0.1) is 0 Å². The van der Waals surface area contributed by atoms with Crippen molar-refractivity contribution in [2.45, 2.75) is 49.4 Å². The van der Waals surface area contributed by atoms with Crippen LogP contribution in [0.4, 0.5) is 23.7 Å². The van der Waals surface area contributed by atoms with Crippen molar-refractivity contribution >= 4 is 40.9 Å². The summed E-state index contributed by atoms with van der Waals surface area (Å²) in [5.41, 5.74) is 2.04. The van der Waals surface area contributed by atoms with Crippen LogP contribution in [0.15, 0.2) is 36.4 Å². The summed E-state index contributed by atoms with van der Waals surface area (Å²) < 4.78 is 42.8. The lowest BCUT2D eigenvalue weighted by Crippen LogP contribution is -2.53. The van der Waals surface area contributed by atoms with E-state index in [9.17, 15) is 18.0 Å². The molecule has 1 aliphatic carbocycles. The molecule has 0 unspecified atom stereocenters. The lowest BCUT2D eigenvalue weighted by molar-refractivity contribution is -0.192. The van der Waals surface area contributed by atoms with Crippen LogP contribution in [-0.4, -0.2) is 75.1 Å². The Morgan fingerprint density at radius 1 is 1.07 bits per heavy atom. The van der Waals surface area contributed by atoms with E-state index in [1.807, 2.05) is 6.07 Å². The Hall–Kier alpha value is -2.89. The summed E-state index contributed by atoms with van der Waals surface area (Å²) in [6.45, 7) is 1.03. The van der Waals surface area contributed by atoms with Gasteiger partial charge in [-0.05, 0) is 75.2 Å². The van der Waals surface area contributed by atoms with E-state index < -0.39 is 12.1 Å². The number of methoxy groups -OCH3 is 2. The van der Waals surface area contributed by atoms with Crippen LogP contribution in [0.2, 0.25) is 10.0 Å². The molecule has 1 aliphatic heterocycles. The number of rotatable bonds is 5. The molecule has 220 valence electrons. The largest absolute Gasteiger partial charge is 0.493 e. The molecule has 0 aromatic heterocycles. The van der Waals surface area contributed by atoms with Crippen molar-refractivity contribution in [2.24, 2.45) is 0 Å². The van der Waals surface area contributed by atoms with E-state index in [2.05, 4.69) is 29.4 Å². The molecule has 40 heavy (non-hydrogen) atoms. The highest BCUT2D eigenvalue weighted by Gasteiger charge is 2.50. The number of hydrogen-bond acceptors (Lipinski definition) is 5. The molecule has 1 heterocycles. The average molecular weight is 606 g/mol. The van der Waals surface area contributed by atoms with E-state index in [1.54, 1.807) is 44.4 Å². The number of halogens is 5. The molecule has 2 N–H and O–H groups in total. The standard InChI is InChI=1S/C25H31Cl2N3O3.C2HF3O2/c1-29-12-11-25(16-5-8-21(32-3)22(13-16)33-4)10-9-17(14-23(25)29)28-24(31)30(2)18-6-7-19(26)20(27)15-18;3-2(4,5)1(6)7/h5-8,13,15,17,23H,9-12,14H2,1-4H3,(H,28,31);(H,6,7)/t17-,23-,25-;/m0./s1. The van der Waals surface area contributed by atoms with Crippen molar-refractivity contribution < 1.29 is 37.3 Å². The van der Waals surface area contributed by atoms with E-state index in [0.717, 1.165) is 43.7 Å². The Morgan fingerprint density at radius 3 is 2.30 bits per heavy atom.